The third kappa shape index (κ3) is 2.78. The minimum Gasteiger partial charge on any atom is -0.157 e. The van der Waals surface area contributed by atoms with Crippen LogP contribution in [0.5, 0.6) is 0 Å². The molecule has 0 aliphatic heterocycles. The molecule has 0 fully saturated rings. The van der Waals surface area contributed by atoms with Gasteiger partial charge < -0.3 is 0 Å². The van der Waals surface area contributed by atoms with Crippen LogP contribution in [0.1, 0.15) is 49.5 Å². The molecule has 0 spiro atoms. The number of hydrogen-bond acceptors (Lipinski definition) is 1. The first-order valence-electron chi connectivity index (χ1n) is 5.31. The summed E-state index contributed by atoms with van der Waals surface area (Å²) in [6.45, 7) is 6.72. The van der Waals surface area contributed by atoms with Gasteiger partial charge in [-0.1, -0.05) is 45.0 Å². The Hall–Kier alpha value is -0.430. The SMILES string of the molecule is CCC(SC)c1ccc(C(C)C)cc1. The summed E-state index contributed by atoms with van der Waals surface area (Å²) in [7, 11) is 0. The predicted molar refractivity (Wildman–Crippen MR) is 67.1 cm³/mol. The largest absolute Gasteiger partial charge is 0.157 e. The second-order valence-corrected chi connectivity index (χ2v) is 4.99. The van der Waals surface area contributed by atoms with Crippen LogP contribution < -0.4 is 0 Å². The zero-order chi connectivity index (χ0) is 10.6. The van der Waals surface area contributed by atoms with Gasteiger partial charge in [-0.2, -0.15) is 11.8 Å². The minimum absolute atomic E-state index is 0.637. The van der Waals surface area contributed by atoms with Crippen molar-refractivity contribution in [2.24, 2.45) is 0 Å². The van der Waals surface area contributed by atoms with E-state index >= 15 is 0 Å². The van der Waals surface area contributed by atoms with Gasteiger partial charge in [0.2, 0.25) is 0 Å². The highest BCUT2D eigenvalue weighted by Crippen LogP contribution is 2.30. The number of thioether (sulfide) groups is 1. The lowest BCUT2D eigenvalue weighted by Crippen LogP contribution is -1.93. The van der Waals surface area contributed by atoms with E-state index in [-0.39, 0.29) is 0 Å². The summed E-state index contributed by atoms with van der Waals surface area (Å²) in [4.78, 5) is 0. The second kappa shape index (κ2) is 5.45. The summed E-state index contributed by atoms with van der Waals surface area (Å²) < 4.78 is 0. The third-order valence-electron chi connectivity index (χ3n) is 2.63. The molecule has 0 radical (unpaired) electrons. The van der Waals surface area contributed by atoms with Gasteiger partial charge in [0.25, 0.3) is 0 Å². The fourth-order valence-electron chi connectivity index (χ4n) is 1.63. The van der Waals surface area contributed by atoms with E-state index in [1.54, 1.807) is 0 Å². The molecular weight excluding hydrogens is 188 g/mol. The van der Waals surface area contributed by atoms with Crippen molar-refractivity contribution in [2.45, 2.75) is 38.4 Å². The molecule has 14 heavy (non-hydrogen) atoms. The fourth-order valence-corrected chi connectivity index (χ4v) is 2.40. The first-order chi connectivity index (χ1) is 6.69. The molecule has 1 heteroatoms. The van der Waals surface area contributed by atoms with Gasteiger partial charge in [0.05, 0.1) is 0 Å². The van der Waals surface area contributed by atoms with Crippen LogP contribution in [0, 0.1) is 0 Å². The Balaban J connectivity index is 2.81. The van der Waals surface area contributed by atoms with Crippen LogP contribution >= 0.6 is 11.8 Å². The lowest BCUT2D eigenvalue weighted by Gasteiger charge is -2.13. The summed E-state index contributed by atoms with van der Waals surface area (Å²) >= 11 is 1.94. The molecule has 1 aromatic rings. The normalized spacial score (nSPS) is 13.2. The van der Waals surface area contributed by atoms with E-state index in [1.165, 1.54) is 17.5 Å². The minimum atomic E-state index is 0.637. The molecule has 78 valence electrons. The van der Waals surface area contributed by atoms with Crippen molar-refractivity contribution in [3.63, 3.8) is 0 Å². The molecule has 0 heterocycles. The number of rotatable bonds is 4. The molecule has 0 saturated carbocycles. The highest BCUT2D eigenvalue weighted by molar-refractivity contribution is 7.98. The van der Waals surface area contributed by atoms with E-state index in [9.17, 15) is 0 Å². The molecule has 0 nitrogen and oxygen atoms in total. The molecule has 0 amide bonds. The van der Waals surface area contributed by atoms with Crippen LogP contribution in [0.2, 0.25) is 0 Å². The Labute approximate surface area is 92.1 Å². The van der Waals surface area contributed by atoms with E-state index < -0.39 is 0 Å². The molecular formula is C13H20S. The van der Waals surface area contributed by atoms with Gasteiger partial charge in [0.1, 0.15) is 0 Å². The van der Waals surface area contributed by atoms with Gasteiger partial charge in [0, 0.05) is 5.25 Å². The van der Waals surface area contributed by atoms with Gasteiger partial charge in [-0.15, -0.1) is 0 Å². The van der Waals surface area contributed by atoms with Crippen molar-refractivity contribution < 1.29 is 0 Å². The standard InChI is InChI=1S/C13H20S/c1-5-13(14-4)12-8-6-11(7-9-12)10(2)3/h6-10,13H,5H2,1-4H3. The van der Waals surface area contributed by atoms with Gasteiger partial charge in [-0.05, 0) is 29.7 Å². The monoisotopic (exact) mass is 208 g/mol. The quantitative estimate of drug-likeness (QED) is 0.695. The molecule has 1 rings (SSSR count). The maximum Gasteiger partial charge on any atom is 0.0291 e. The van der Waals surface area contributed by atoms with E-state index in [1.807, 2.05) is 11.8 Å². The van der Waals surface area contributed by atoms with Crippen molar-refractivity contribution in [3.8, 4) is 0 Å². The smallest absolute Gasteiger partial charge is 0.0291 e. The Kier molecular flexibility index (Phi) is 4.53. The summed E-state index contributed by atoms with van der Waals surface area (Å²) in [6.07, 6.45) is 3.40. The Morgan fingerprint density at radius 3 is 1.93 bits per heavy atom. The molecule has 1 aromatic carbocycles. The first-order valence-corrected chi connectivity index (χ1v) is 6.60. The Morgan fingerprint density at radius 2 is 1.57 bits per heavy atom. The molecule has 1 atom stereocenters. The molecule has 0 aliphatic carbocycles. The van der Waals surface area contributed by atoms with Gasteiger partial charge >= 0.3 is 0 Å². The van der Waals surface area contributed by atoms with Crippen LogP contribution in [0.15, 0.2) is 24.3 Å². The summed E-state index contributed by atoms with van der Waals surface area (Å²) in [5, 5.41) is 0.663. The molecule has 0 N–H and O–H groups in total. The predicted octanol–water partition coefficient (Wildman–Crippen LogP) is 4.62. The molecule has 0 bridgehead atoms. The average Bonchev–Trinajstić information content (AvgIpc) is 2.20. The average molecular weight is 208 g/mol. The fraction of sp³-hybridized carbons (Fsp3) is 0.538. The lowest BCUT2D eigenvalue weighted by molar-refractivity contribution is 0.857. The topological polar surface area (TPSA) is 0 Å². The number of benzene rings is 1. The Morgan fingerprint density at radius 1 is 1.07 bits per heavy atom. The van der Waals surface area contributed by atoms with E-state index in [0.717, 1.165) is 0 Å². The Bertz CT molecular complexity index is 257. The van der Waals surface area contributed by atoms with Gasteiger partial charge in [-0.3, -0.25) is 0 Å². The van der Waals surface area contributed by atoms with Crippen LogP contribution in [0.3, 0.4) is 0 Å². The third-order valence-corrected chi connectivity index (χ3v) is 3.80. The molecule has 0 aliphatic rings. The van der Waals surface area contributed by atoms with Crippen molar-refractivity contribution in [1.29, 1.82) is 0 Å². The molecule has 0 aromatic heterocycles. The van der Waals surface area contributed by atoms with Crippen LogP contribution in [-0.4, -0.2) is 6.26 Å². The van der Waals surface area contributed by atoms with Crippen molar-refractivity contribution >= 4 is 11.8 Å². The maximum atomic E-state index is 2.28. The van der Waals surface area contributed by atoms with E-state index in [4.69, 9.17) is 0 Å². The second-order valence-electron chi connectivity index (χ2n) is 3.95. The zero-order valence-electron chi connectivity index (χ0n) is 9.58. The van der Waals surface area contributed by atoms with Gasteiger partial charge in [0.15, 0.2) is 0 Å². The highest BCUT2D eigenvalue weighted by atomic mass is 32.2. The number of hydrogen-bond donors (Lipinski definition) is 0. The first kappa shape index (κ1) is 11.6. The van der Waals surface area contributed by atoms with Crippen LogP contribution in [-0.2, 0) is 0 Å². The van der Waals surface area contributed by atoms with Crippen LogP contribution in [0.25, 0.3) is 0 Å². The van der Waals surface area contributed by atoms with Crippen molar-refractivity contribution in [3.05, 3.63) is 35.4 Å². The zero-order valence-corrected chi connectivity index (χ0v) is 10.4. The highest BCUT2D eigenvalue weighted by Gasteiger charge is 2.07. The van der Waals surface area contributed by atoms with Gasteiger partial charge in [-0.25, -0.2) is 0 Å². The van der Waals surface area contributed by atoms with E-state index in [2.05, 4.69) is 51.3 Å². The van der Waals surface area contributed by atoms with Crippen molar-refractivity contribution in [2.75, 3.05) is 6.26 Å². The summed E-state index contributed by atoms with van der Waals surface area (Å²) in [6, 6.07) is 9.08. The van der Waals surface area contributed by atoms with Crippen molar-refractivity contribution in [1.82, 2.24) is 0 Å². The molecule has 0 saturated heterocycles. The van der Waals surface area contributed by atoms with Crippen LogP contribution in [0.4, 0.5) is 0 Å². The summed E-state index contributed by atoms with van der Waals surface area (Å²) in [5.74, 6) is 0.637. The lowest BCUT2D eigenvalue weighted by atomic mass is 10.0. The maximum absolute atomic E-state index is 2.28. The molecule has 1 unspecified atom stereocenters. The summed E-state index contributed by atoms with van der Waals surface area (Å²) in [5.41, 5.74) is 2.90. The van der Waals surface area contributed by atoms with E-state index in [0.29, 0.717) is 11.2 Å².